The lowest BCUT2D eigenvalue weighted by Crippen LogP contribution is -2.41. The van der Waals surface area contributed by atoms with Gasteiger partial charge in [0.05, 0.1) is 5.56 Å². The Morgan fingerprint density at radius 3 is 2.50 bits per heavy atom. The van der Waals surface area contributed by atoms with Crippen molar-refractivity contribution in [3.63, 3.8) is 0 Å². The Balaban J connectivity index is 1.65. The molecule has 0 spiro atoms. The topological polar surface area (TPSA) is 61.4 Å². The molecule has 132 valence electrons. The minimum atomic E-state index is -0.0843. The van der Waals surface area contributed by atoms with E-state index in [9.17, 15) is 9.59 Å². The average Bonchev–Trinajstić information content (AvgIpc) is 3.43. The molecule has 5 nitrogen and oxygen atoms in total. The number of amides is 2. The molecule has 3 rings (SSSR count). The zero-order valence-electron chi connectivity index (χ0n) is 14.9. The second kappa shape index (κ2) is 6.84. The van der Waals surface area contributed by atoms with Gasteiger partial charge in [-0.1, -0.05) is 0 Å². The van der Waals surface area contributed by atoms with Gasteiger partial charge < -0.3 is 10.6 Å². The molecule has 0 aliphatic heterocycles. The molecule has 0 bridgehead atoms. The smallest absolute Gasteiger partial charge is 0.254 e. The maximum Gasteiger partial charge on any atom is 0.254 e. The molecule has 24 heavy (non-hydrogen) atoms. The van der Waals surface area contributed by atoms with Crippen LogP contribution in [-0.2, 0) is 4.79 Å². The predicted octanol–water partition coefficient (Wildman–Crippen LogP) is 2.93. The number of carbonyl (C=O) groups is 2. The second-order valence-electron chi connectivity index (χ2n) is 7.21. The van der Waals surface area contributed by atoms with Crippen LogP contribution in [0.2, 0.25) is 0 Å². The van der Waals surface area contributed by atoms with Crippen LogP contribution >= 0.6 is 11.3 Å². The van der Waals surface area contributed by atoms with Crippen LogP contribution in [0.15, 0.2) is 0 Å². The van der Waals surface area contributed by atoms with E-state index >= 15 is 0 Å². The van der Waals surface area contributed by atoms with Crippen LogP contribution in [0.4, 0.5) is 5.00 Å². The number of hydrogen-bond acceptors (Lipinski definition) is 4. The van der Waals surface area contributed by atoms with Crippen LogP contribution in [0.25, 0.3) is 0 Å². The normalized spacial score (nSPS) is 18.5. The van der Waals surface area contributed by atoms with E-state index < -0.39 is 0 Å². The van der Waals surface area contributed by atoms with Gasteiger partial charge in [-0.2, -0.15) is 0 Å². The Bertz CT molecular complexity index is 647. The highest BCUT2D eigenvalue weighted by Crippen LogP contribution is 2.35. The molecule has 0 unspecified atom stereocenters. The summed E-state index contributed by atoms with van der Waals surface area (Å²) < 4.78 is 0. The third-order valence-corrected chi connectivity index (χ3v) is 6.30. The highest BCUT2D eigenvalue weighted by molar-refractivity contribution is 7.16. The first-order chi connectivity index (χ1) is 11.4. The van der Waals surface area contributed by atoms with Gasteiger partial charge in [0.15, 0.2) is 0 Å². The van der Waals surface area contributed by atoms with E-state index in [1.54, 1.807) is 0 Å². The lowest BCUT2D eigenvalue weighted by atomic mass is 10.1. The van der Waals surface area contributed by atoms with Crippen molar-refractivity contribution in [2.24, 2.45) is 5.92 Å². The number of nitrogens with zero attached hydrogens (tertiary/aromatic N) is 1. The Labute approximate surface area is 147 Å². The Hall–Kier alpha value is -1.40. The summed E-state index contributed by atoms with van der Waals surface area (Å²) in [7, 11) is 2.12. The molecule has 6 heteroatoms. The van der Waals surface area contributed by atoms with E-state index in [0.29, 0.717) is 29.2 Å². The van der Waals surface area contributed by atoms with Crippen LogP contribution in [0.3, 0.4) is 0 Å². The molecule has 1 aromatic heterocycles. The minimum Gasteiger partial charge on any atom is -0.350 e. The Kier molecular flexibility index (Phi) is 4.97. The first-order valence-electron chi connectivity index (χ1n) is 8.79. The molecule has 2 aliphatic carbocycles. The van der Waals surface area contributed by atoms with E-state index in [1.807, 2.05) is 13.8 Å². The summed E-state index contributed by atoms with van der Waals surface area (Å²) in [6, 6.07) is 0.987. The highest BCUT2D eigenvalue weighted by Gasteiger charge is 2.32. The lowest BCUT2D eigenvalue weighted by Gasteiger charge is -2.24. The van der Waals surface area contributed by atoms with Crippen molar-refractivity contribution < 1.29 is 9.59 Å². The standard InChI is InChI=1S/C18H27N3O2S/c1-10(21(4)14-7-8-14)9-19-17(23)15-11(2)12(3)24-18(15)20-16(22)13-5-6-13/h10,13-14H,5-9H2,1-4H3,(H,19,23)(H,20,22)/t10-/m1/s1. The maximum absolute atomic E-state index is 12.7. The number of thiophene rings is 1. The summed E-state index contributed by atoms with van der Waals surface area (Å²) in [5.74, 6) is 0.0990. The third-order valence-electron chi connectivity index (χ3n) is 5.17. The molecule has 1 atom stereocenters. The van der Waals surface area contributed by atoms with Gasteiger partial charge in [0.25, 0.3) is 5.91 Å². The molecule has 0 radical (unpaired) electrons. The molecule has 2 aliphatic rings. The number of hydrogen-bond donors (Lipinski definition) is 2. The van der Waals surface area contributed by atoms with Crippen molar-refractivity contribution in [3.8, 4) is 0 Å². The molecule has 2 amide bonds. The molecule has 2 saturated carbocycles. The van der Waals surface area contributed by atoms with Crippen LogP contribution in [0.1, 0.15) is 53.4 Å². The molecule has 1 heterocycles. The van der Waals surface area contributed by atoms with Gasteiger partial charge >= 0.3 is 0 Å². The van der Waals surface area contributed by atoms with Crippen molar-refractivity contribution in [2.45, 2.75) is 58.5 Å². The summed E-state index contributed by atoms with van der Waals surface area (Å²) in [6.07, 6.45) is 4.44. The largest absolute Gasteiger partial charge is 0.350 e. The molecule has 1 aromatic rings. The Morgan fingerprint density at radius 1 is 1.25 bits per heavy atom. The third kappa shape index (κ3) is 3.81. The number of aryl methyl sites for hydroxylation is 1. The molecular formula is C18H27N3O2S. The van der Waals surface area contributed by atoms with Crippen molar-refractivity contribution in [1.82, 2.24) is 10.2 Å². The van der Waals surface area contributed by atoms with Crippen LogP contribution in [0, 0.1) is 19.8 Å². The van der Waals surface area contributed by atoms with E-state index in [1.165, 1.54) is 24.2 Å². The first kappa shape index (κ1) is 17.4. The fraction of sp³-hybridized carbons (Fsp3) is 0.667. The number of rotatable bonds is 7. The molecule has 0 saturated heterocycles. The van der Waals surface area contributed by atoms with E-state index in [-0.39, 0.29) is 17.7 Å². The summed E-state index contributed by atoms with van der Waals surface area (Å²) in [5, 5.41) is 6.71. The maximum atomic E-state index is 12.7. The number of carbonyl (C=O) groups excluding carboxylic acids is 2. The lowest BCUT2D eigenvalue weighted by molar-refractivity contribution is -0.117. The van der Waals surface area contributed by atoms with E-state index in [0.717, 1.165) is 23.3 Å². The van der Waals surface area contributed by atoms with E-state index in [4.69, 9.17) is 0 Å². The molecule has 0 aromatic carbocycles. The predicted molar refractivity (Wildman–Crippen MR) is 97.7 cm³/mol. The second-order valence-corrected chi connectivity index (χ2v) is 8.43. The number of nitrogens with one attached hydrogen (secondary N) is 2. The van der Waals surface area contributed by atoms with Crippen LogP contribution in [0.5, 0.6) is 0 Å². The van der Waals surface area contributed by atoms with Gasteiger partial charge in [0.2, 0.25) is 5.91 Å². The van der Waals surface area contributed by atoms with Gasteiger partial charge in [0, 0.05) is 29.4 Å². The summed E-state index contributed by atoms with van der Waals surface area (Å²) in [6.45, 7) is 6.70. The molecule has 2 N–H and O–H groups in total. The first-order valence-corrected chi connectivity index (χ1v) is 9.61. The van der Waals surface area contributed by atoms with Crippen molar-refractivity contribution in [1.29, 1.82) is 0 Å². The molecular weight excluding hydrogens is 322 g/mol. The SMILES string of the molecule is Cc1sc(NC(=O)C2CC2)c(C(=O)NC[C@@H](C)N(C)C2CC2)c1C. The van der Waals surface area contributed by atoms with Crippen molar-refractivity contribution in [2.75, 3.05) is 18.9 Å². The van der Waals surface area contributed by atoms with E-state index in [2.05, 4.69) is 29.5 Å². The minimum absolute atomic E-state index is 0.0483. The highest BCUT2D eigenvalue weighted by atomic mass is 32.1. The Morgan fingerprint density at radius 2 is 1.92 bits per heavy atom. The fourth-order valence-electron chi connectivity index (χ4n) is 2.86. The van der Waals surface area contributed by atoms with Crippen molar-refractivity contribution in [3.05, 3.63) is 16.0 Å². The average molecular weight is 350 g/mol. The monoisotopic (exact) mass is 349 g/mol. The zero-order chi connectivity index (χ0) is 17.4. The quantitative estimate of drug-likeness (QED) is 0.796. The summed E-state index contributed by atoms with van der Waals surface area (Å²) >= 11 is 1.50. The van der Waals surface area contributed by atoms with Crippen LogP contribution in [-0.4, -0.2) is 42.4 Å². The van der Waals surface area contributed by atoms with Crippen molar-refractivity contribution >= 4 is 28.2 Å². The van der Waals surface area contributed by atoms with Crippen LogP contribution < -0.4 is 10.6 Å². The van der Waals surface area contributed by atoms with Gasteiger partial charge in [-0.05, 0) is 59.1 Å². The molecule has 2 fully saturated rings. The van der Waals surface area contributed by atoms with Gasteiger partial charge in [0.1, 0.15) is 5.00 Å². The number of anilines is 1. The van der Waals surface area contributed by atoms with Gasteiger partial charge in [-0.25, -0.2) is 0 Å². The number of likely N-dealkylation sites (N-methyl/N-ethyl adjacent to an activating group) is 1. The van der Waals surface area contributed by atoms with Gasteiger partial charge in [-0.15, -0.1) is 11.3 Å². The summed E-state index contributed by atoms with van der Waals surface area (Å²) in [5.41, 5.74) is 1.60. The fourth-order valence-corrected chi connectivity index (χ4v) is 3.92. The van der Waals surface area contributed by atoms with Gasteiger partial charge in [-0.3, -0.25) is 14.5 Å². The summed E-state index contributed by atoms with van der Waals surface area (Å²) in [4.78, 5) is 28.2. The zero-order valence-corrected chi connectivity index (χ0v) is 15.8.